The zero-order valence-corrected chi connectivity index (χ0v) is 11.6. The van der Waals surface area contributed by atoms with Crippen molar-refractivity contribution in [2.24, 2.45) is 9.78 Å². The second-order valence-electron chi connectivity index (χ2n) is 4.98. The van der Waals surface area contributed by atoms with E-state index in [0.717, 1.165) is 0 Å². The van der Waals surface area contributed by atoms with Gasteiger partial charge in [-0.15, -0.1) is 0 Å². The number of amides is 1. The number of hydrogen-bond donors (Lipinski definition) is 2. The Labute approximate surface area is 103 Å². The maximum Gasteiger partial charge on any atom is 0.259 e. The number of nitrogens with zero attached hydrogens (tertiary/aromatic N) is 1. The fraction of sp³-hybridized carbons (Fsp3) is 0.909. The number of hydrogen-bond acceptors (Lipinski definition) is 4. The zero-order chi connectivity index (χ0) is 13.5. The van der Waals surface area contributed by atoms with E-state index < -0.39 is 21.1 Å². The third-order valence-corrected chi connectivity index (χ3v) is 4.49. The molecule has 0 saturated carbocycles. The largest absolute Gasteiger partial charge is 0.396 e. The van der Waals surface area contributed by atoms with E-state index in [1.807, 2.05) is 0 Å². The number of aliphatic hydroxyl groups is 2. The molecule has 0 aromatic heterocycles. The van der Waals surface area contributed by atoms with Crippen LogP contribution in [0, 0.1) is 5.41 Å². The molecule has 17 heavy (non-hydrogen) atoms. The van der Waals surface area contributed by atoms with E-state index in [9.17, 15) is 9.00 Å². The van der Waals surface area contributed by atoms with Crippen molar-refractivity contribution in [3.63, 3.8) is 0 Å². The van der Waals surface area contributed by atoms with E-state index in [2.05, 4.69) is 4.36 Å². The van der Waals surface area contributed by atoms with Gasteiger partial charge in [0.2, 0.25) is 0 Å². The smallest absolute Gasteiger partial charge is 0.259 e. The summed E-state index contributed by atoms with van der Waals surface area (Å²) < 4.78 is 16.2. The standard InChI is InChI=1S/C11H23NO4S/c1-11(2,3)10(15)12-17(16,8-4-6-13)9-5-7-14/h13-14H,4-9H2,1-3H3. The Morgan fingerprint density at radius 1 is 1.12 bits per heavy atom. The van der Waals surface area contributed by atoms with E-state index in [-0.39, 0.29) is 24.7 Å². The number of carbonyl (C=O) groups is 1. The fourth-order valence-corrected chi connectivity index (χ4v) is 3.18. The van der Waals surface area contributed by atoms with Crippen LogP contribution in [0.2, 0.25) is 0 Å². The molecule has 5 nitrogen and oxygen atoms in total. The monoisotopic (exact) mass is 265 g/mol. The number of rotatable bonds is 6. The van der Waals surface area contributed by atoms with Gasteiger partial charge < -0.3 is 10.2 Å². The molecule has 0 aliphatic heterocycles. The SMILES string of the molecule is CC(C)(C)C(=O)N=S(=O)(CCCO)CCCO. The predicted molar refractivity (Wildman–Crippen MR) is 68.2 cm³/mol. The summed E-state index contributed by atoms with van der Waals surface area (Å²) in [6, 6.07) is 0. The Morgan fingerprint density at radius 3 is 1.82 bits per heavy atom. The summed E-state index contributed by atoms with van der Waals surface area (Å²) in [5.74, 6) is 0.00906. The molecular weight excluding hydrogens is 242 g/mol. The molecule has 1 amide bonds. The Morgan fingerprint density at radius 2 is 1.53 bits per heavy atom. The highest BCUT2D eigenvalue weighted by Crippen LogP contribution is 2.17. The van der Waals surface area contributed by atoms with Crippen molar-refractivity contribution in [3.05, 3.63) is 0 Å². The highest BCUT2D eigenvalue weighted by Gasteiger charge is 2.23. The van der Waals surface area contributed by atoms with Crippen LogP contribution in [0.4, 0.5) is 0 Å². The minimum Gasteiger partial charge on any atom is -0.396 e. The molecule has 0 unspecified atom stereocenters. The average molecular weight is 265 g/mol. The summed E-state index contributed by atoms with van der Waals surface area (Å²) >= 11 is 0. The van der Waals surface area contributed by atoms with Crippen LogP contribution in [0.5, 0.6) is 0 Å². The summed E-state index contributed by atoms with van der Waals surface area (Å²) in [6.07, 6.45) is 0.705. The molecule has 102 valence electrons. The van der Waals surface area contributed by atoms with Crippen molar-refractivity contribution >= 4 is 15.6 Å². The quantitative estimate of drug-likeness (QED) is 0.743. The molecule has 0 aromatic rings. The van der Waals surface area contributed by atoms with Crippen LogP contribution in [-0.2, 0) is 14.5 Å². The van der Waals surface area contributed by atoms with Gasteiger partial charge in [-0.05, 0) is 12.8 Å². The first-order valence-corrected chi connectivity index (χ1v) is 7.59. The highest BCUT2D eigenvalue weighted by molar-refractivity contribution is 7.93. The second kappa shape index (κ2) is 7.08. The molecule has 2 N–H and O–H groups in total. The lowest BCUT2D eigenvalue weighted by Gasteiger charge is -2.15. The van der Waals surface area contributed by atoms with Crippen LogP contribution in [0.15, 0.2) is 4.36 Å². The second-order valence-corrected chi connectivity index (χ2v) is 7.53. The summed E-state index contributed by atoms with van der Waals surface area (Å²) in [4.78, 5) is 11.7. The Balaban J connectivity index is 4.96. The molecule has 0 saturated heterocycles. The lowest BCUT2D eigenvalue weighted by Crippen LogP contribution is -2.22. The minimum atomic E-state index is -2.64. The molecule has 0 bridgehead atoms. The molecule has 0 rings (SSSR count). The van der Waals surface area contributed by atoms with Gasteiger partial charge >= 0.3 is 0 Å². The average Bonchev–Trinajstić information content (AvgIpc) is 2.22. The zero-order valence-electron chi connectivity index (χ0n) is 10.8. The van der Waals surface area contributed by atoms with E-state index in [1.165, 1.54) is 0 Å². The molecule has 6 heteroatoms. The minimum absolute atomic E-state index is 0.0741. The van der Waals surface area contributed by atoms with Gasteiger partial charge in [-0.1, -0.05) is 20.8 Å². The predicted octanol–water partition coefficient (Wildman–Crippen LogP) is 0.792. The lowest BCUT2D eigenvalue weighted by atomic mass is 9.96. The van der Waals surface area contributed by atoms with Crippen LogP contribution in [0.25, 0.3) is 0 Å². The van der Waals surface area contributed by atoms with Crippen molar-refractivity contribution in [3.8, 4) is 0 Å². The van der Waals surface area contributed by atoms with Crippen LogP contribution in [0.1, 0.15) is 33.6 Å². The van der Waals surface area contributed by atoms with Gasteiger partial charge in [0.05, 0.1) is 9.73 Å². The summed E-state index contributed by atoms with van der Waals surface area (Å²) in [5.41, 5.74) is -0.652. The first-order chi connectivity index (χ1) is 7.75. The van der Waals surface area contributed by atoms with Gasteiger partial charge in [0.1, 0.15) is 0 Å². The van der Waals surface area contributed by atoms with Gasteiger partial charge in [0, 0.05) is 30.1 Å². The van der Waals surface area contributed by atoms with E-state index in [1.54, 1.807) is 20.8 Å². The van der Waals surface area contributed by atoms with E-state index >= 15 is 0 Å². The van der Waals surface area contributed by atoms with Crippen LogP contribution in [-0.4, -0.2) is 45.0 Å². The third-order valence-electron chi connectivity index (χ3n) is 2.13. The summed E-state index contributed by atoms with van der Waals surface area (Å²) in [5, 5.41) is 17.5. The number of carbonyl (C=O) groups excluding carboxylic acids is 1. The van der Waals surface area contributed by atoms with Crippen molar-refractivity contribution in [2.45, 2.75) is 33.6 Å². The van der Waals surface area contributed by atoms with Crippen molar-refractivity contribution < 1.29 is 19.2 Å². The molecular formula is C11H23NO4S. The van der Waals surface area contributed by atoms with Gasteiger partial charge in [-0.3, -0.25) is 4.79 Å². The Kier molecular flexibility index (Phi) is 6.89. The van der Waals surface area contributed by atoms with Crippen molar-refractivity contribution in [1.29, 1.82) is 0 Å². The first kappa shape index (κ1) is 16.5. The highest BCUT2D eigenvalue weighted by atomic mass is 32.2. The molecule has 0 aromatic carbocycles. The van der Waals surface area contributed by atoms with Gasteiger partial charge in [-0.25, -0.2) is 4.21 Å². The topological polar surface area (TPSA) is 87.0 Å². The van der Waals surface area contributed by atoms with Gasteiger partial charge in [0.15, 0.2) is 0 Å². The van der Waals surface area contributed by atoms with Crippen LogP contribution >= 0.6 is 0 Å². The maximum atomic E-state index is 12.4. The first-order valence-electron chi connectivity index (χ1n) is 5.74. The molecule has 0 radical (unpaired) electrons. The summed E-state index contributed by atoms with van der Waals surface area (Å²) in [6.45, 7) is 5.01. The molecule has 0 fully saturated rings. The fourth-order valence-electron chi connectivity index (χ4n) is 1.06. The van der Waals surface area contributed by atoms with Crippen molar-refractivity contribution in [2.75, 3.05) is 24.7 Å². The van der Waals surface area contributed by atoms with Crippen molar-refractivity contribution in [1.82, 2.24) is 0 Å². The maximum absolute atomic E-state index is 12.4. The van der Waals surface area contributed by atoms with Gasteiger partial charge in [0.25, 0.3) is 5.91 Å². The van der Waals surface area contributed by atoms with Gasteiger partial charge in [-0.2, -0.15) is 4.36 Å². The third kappa shape index (κ3) is 6.75. The number of aliphatic hydroxyl groups excluding tert-OH is 2. The normalized spacial score (nSPS) is 12.5. The molecule has 0 heterocycles. The van der Waals surface area contributed by atoms with Crippen LogP contribution in [0.3, 0.4) is 0 Å². The molecule has 0 aliphatic carbocycles. The molecule has 0 aliphatic rings. The molecule has 0 atom stereocenters. The lowest BCUT2D eigenvalue weighted by molar-refractivity contribution is -0.124. The molecule has 0 spiro atoms. The van der Waals surface area contributed by atoms with E-state index in [0.29, 0.717) is 12.8 Å². The van der Waals surface area contributed by atoms with Crippen LogP contribution < -0.4 is 0 Å². The Hall–Kier alpha value is -0.460. The van der Waals surface area contributed by atoms with E-state index in [4.69, 9.17) is 10.2 Å². The Bertz CT molecular complexity index is 337. The summed E-state index contributed by atoms with van der Waals surface area (Å²) in [7, 11) is -2.64.